The number of methoxy groups -OCH3 is 2. The number of nitrogens with one attached hydrogen (secondary N) is 1. The predicted octanol–water partition coefficient (Wildman–Crippen LogP) is 3.89. The Labute approximate surface area is 236 Å². The minimum atomic E-state index is -4.17. The van der Waals surface area contributed by atoms with Gasteiger partial charge in [0, 0.05) is 19.2 Å². The topological polar surface area (TPSA) is 105 Å². The second-order valence-electron chi connectivity index (χ2n) is 9.15. The van der Waals surface area contributed by atoms with E-state index in [4.69, 9.17) is 9.47 Å². The summed E-state index contributed by atoms with van der Waals surface area (Å²) in [5.74, 6) is -0.0782. The van der Waals surface area contributed by atoms with Gasteiger partial charge in [-0.05, 0) is 49.6 Å². The largest absolute Gasteiger partial charge is 0.493 e. The number of ether oxygens (including phenoxy) is 2. The minimum absolute atomic E-state index is 0.0298. The van der Waals surface area contributed by atoms with E-state index >= 15 is 0 Å². The van der Waals surface area contributed by atoms with Crippen LogP contribution in [-0.4, -0.2) is 65.0 Å². The molecular weight excluding hydrogens is 530 g/mol. The Morgan fingerprint density at radius 1 is 0.900 bits per heavy atom. The van der Waals surface area contributed by atoms with Gasteiger partial charge in [0.15, 0.2) is 11.5 Å². The molecule has 0 aliphatic heterocycles. The van der Waals surface area contributed by atoms with Gasteiger partial charge in [-0.3, -0.25) is 13.9 Å². The number of anilines is 1. The zero-order chi connectivity index (χ0) is 29.1. The van der Waals surface area contributed by atoms with Crippen LogP contribution < -0.4 is 19.1 Å². The van der Waals surface area contributed by atoms with Crippen LogP contribution in [0.4, 0.5) is 5.69 Å². The molecule has 40 heavy (non-hydrogen) atoms. The molecule has 0 heterocycles. The van der Waals surface area contributed by atoms with E-state index in [0.29, 0.717) is 24.5 Å². The summed E-state index contributed by atoms with van der Waals surface area (Å²) < 4.78 is 39.5. The molecule has 214 valence electrons. The summed E-state index contributed by atoms with van der Waals surface area (Å²) in [4.78, 5) is 28.3. The molecule has 0 saturated carbocycles. The number of hydrogen-bond acceptors (Lipinski definition) is 6. The summed E-state index contributed by atoms with van der Waals surface area (Å²) in [6.45, 7) is 3.78. The highest BCUT2D eigenvalue weighted by Crippen LogP contribution is 2.34. The van der Waals surface area contributed by atoms with Crippen LogP contribution in [0.2, 0.25) is 0 Å². The number of carbonyl (C=O) groups excluding carboxylic acids is 2. The Morgan fingerprint density at radius 3 is 2.12 bits per heavy atom. The van der Waals surface area contributed by atoms with E-state index in [1.165, 1.54) is 37.3 Å². The zero-order valence-corrected chi connectivity index (χ0v) is 24.2. The minimum Gasteiger partial charge on any atom is -0.493 e. The Hall–Kier alpha value is -4.05. The molecule has 0 saturated heterocycles. The highest BCUT2D eigenvalue weighted by Gasteiger charge is 2.32. The van der Waals surface area contributed by atoms with Gasteiger partial charge in [0.1, 0.15) is 12.6 Å². The monoisotopic (exact) mass is 567 g/mol. The van der Waals surface area contributed by atoms with Crippen LogP contribution in [0.15, 0.2) is 83.8 Å². The van der Waals surface area contributed by atoms with Crippen LogP contribution in [0.1, 0.15) is 25.8 Å². The van der Waals surface area contributed by atoms with E-state index in [-0.39, 0.29) is 23.0 Å². The summed E-state index contributed by atoms with van der Waals surface area (Å²) in [5, 5.41) is 2.84. The van der Waals surface area contributed by atoms with Crippen molar-refractivity contribution in [2.24, 2.45) is 0 Å². The van der Waals surface area contributed by atoms with Crippen molar-refractivity contribution in [3.8, 4) is 11.5 Å². The maximum Gasteiger partial charge on any atom is 0.264 e. The van der Waals surface area contributed by atoms with Crippen LogP contribution in [0.3, 0.4) is 0 Å². The van der Waals surface area contributed by atoms with Gasteiger partial charge in [-0.1, -0.05) is 55.5 Å². The zero-order valence-electron chi connectivity index (χ0n) is 23.4. The van der Waals surface area contributed by atoms with Gasteiger partial charge in [-0.25, -0.2) is 8.42 Å². The number of amides is 2. The van der Waals surface area contributed by atoms with E-state index in [2.05, 4.69) is 5.32 Å². The van der Waals surface area contributed by atoms with Gasteiger partial charge < -0.3 is 19.7 Å². The Morgan fingerprint density at radius 2 is 1.52 bits per heavy atom. The number of rotatable bonds is 14. The lowest BCUT2D eigenvalue weighted by molar-refractivity contribution is -0.138. The lowest BCUT2D eigenvalue weighted by Gasteiger charge is -2.32. The van der Waals surface area contributed by atoms with Gasteiger partial charge in [0.2, 0.25) is 11.8 Å². The molecule has 0 radical (unpaired) electrons. The highest BCUT2D eigenvalue weighted by molar-refractivity contribution is 7.92. The van der Waals surface area contributed by atoms with Crippen molar-refractivity contribution in [3.63, 3.8) is 0 Å². The summed E-state index contributed by atoms with van der Waals surface area (Å²) in [7, 11) is -1.24. The van der Waals surface area contributed by atoms with Crippen LogP contribution in [-0.2, 0) is 26.0 Å². The molecule has 0 aliphatic carbocycles. The summed E-state index contributed by atoms with van der Waals surface area (Å²) >= 11 is 0. The third-order valence-corrected chi connectivity index (χ3v) is 8.25. The molecule has 0 fully saturated rings. The van der Waals surface area contributed by atoms with Gasteiger partial charge in [0.05, 0.1) is 24.8 Å². The number of benzene rings is 3. The van der Waals surface area contributed by atoms with E-state index < -0.39 is 28.5 Å². The van der Waals surface area contributed by atoms with Crippen molar-refractivity contribution in [1.82, 2.24) is 10.2 Å². The molecule has 2 amide bonds. The quantitative estimate of drug-likeness (QED) is 0.317. The number of nitrogens with zero attached hydrogens (tertiary/aromatic N) is 2. The van der Waals surface area contributed by atoms with Crippen molar-refractivity contribution in [3.05, 3.63) is 84.4 Å². The molecule has 9 nitrogen and oxygen atoms in total. The predicted molar refractivity (Wildman–Crippen MR) is 155 cm³/mol. The van der Waals surface area contributed by atoms with Crippen LogP contribution >= 0.6 is 0 Å². The molecule has 3 rings (SSSR count). The van der Waals surface area contributed by atoms with Gasteiger partial charge in [-0.2, -0.15) is 0 Å². The molecule has 0 unspecified atom stereocenters. The molecule has 3 aromatic carbocycles. The first-order valence-corrected chi connectivity index (χ1v) is 14.6. The molecule has 0 aliphatic rings. The average Bonchev–Trinajstić information content (AvgIpc) is 2.99. The van der Waals surface area contributed by atoms with E-state index in [1.54, 1.807) is 37.3 Å². The van der Waals surface area contributed by atoms with Crippen LogP contribution in [0.5, 0.6) is 11.5 Å². The van der Waals surface area contributed by atoms with E-state index in [9.17, 15) is 18.0 Å². The Kier molecular flexibility index (Phi) is 11.0. The maximum absolute atomic E-state index is 13.9. The lowest BCUT2D eigenvalue weighted by atomic mass is 10.1. The second-order valence-corrected chi connectivity index (χ2v) is 11.0. The van der Waals surface area contributed by atoms with Crippen LogP contribution in [0.25, 0.3) is 0 Å². The Bertz CT molecular complexity index is 1370. The summed E-state index contributed by atoms with van der Waals surface area (Å²) in [5.41, 5.74) is 1.22. The third kappa shape index (κ3) is 7.53. The SMILES string of the molecule is CCCNC(=O)[C@@H](C)N(CCc1ccccc1)C(=O)CN(c1ccc(OC)c(OC)c1)S(=O)(=O)c1ccccc1. The second kappa shape index (κ2) is 14.4. The maximum atomic E-state index is 13.9. The number of sulfonamides is 1. The third-order valence-electron chi connectivity index (χ3n) is 6.47. The summed E-state index contributed by atoms with van der Waals surface area (Å²) in [6.07, 6.45) is 1.25. The van der Waals surface area contributed by atoms with Crippen molar-refractivity contribution >= 4 is 27.5 Å². The standard InChI is InChI=1S/C30H37N3O6S/c1-5-19-31-30(35)23(2)32(20-18-24-12-8-6-9-13-24)29(34)22-33(40(36,37)26-14-10-7-11-15-26)25-16-17-27(38-3)28(21-25)39-4/h6-17,21,23H,5,18-20,22H2,1-4H3,(H,31,35)/t23-/m1/s1. The fourth-order valence-electron chi connectivity index (χ4n) is 4.19. The van der Waals surface area contributed by atoms with Crippen molar-refractivity contribution in [1.29, 1.82) is 0 Å². The van der Waals surface area contributed by atoms with Gasteiger partial charge in [0.25, 0.3) is 10.0 Å². The first-order valence-electron chi connectivity index (χ1n) is 13.1. The fraction of sp³-hybridized carbons (Fsp3) is 0.333. The van der Waals surface area contributed by atoms with Gasteiger partial charge >= 0.3 is 0 Å². The first-order chi connectivity index (χ1) is 19.2. The smallest absolute Gasteiger partial charge is 0.264 e. The molecule has 3 aromatic rings. The normalized spacial score (nSPS) is 11.8. The van der Waals surface area contributed by atoms with Crippen molar-refractivity contribution in [2.75, 3.05) is 38.2 Å². The molecule has 1 N–H and O–H groups in total. The van der Waals surface area contributed by atoms with Gasteiger partial charge in [-0.15, -0.1) is 0 Å². The molecule has 0 spiro atoms. The molecule has 0 bridgehead atoms. The van der Waals surface area contributed by atoms with Crippen molar-refractivity contribution < 1.29 is 27.5 Å². The van der Waals surface area contributed by atoms with E-state index in [1.807, 2.05) is 37.3 Å². The summed E-state index contributed by atoms with van der Waals surface area (Å²) in [6, 6.07) is 21.4. The number of hydrogen-bond donors (Lipinski definition) is 1. The fourth-order valence-corrected chi connectivity index (χ4v) is 5.62. The molecular formula is C30H37N3O6S. The molecule has 10 heteroatoms. The average molecular weight is 568 g/mol. The van der Waals surface area contributed by atoms with Crippen LogP contribution in [0, 0.1) is 0 Å². The molecule has 0 aromatic heterocycles. The first kappa shape index (κ1) is 30.5. The van der Waals surface area contributed by atoms with E-state index in [0.717, 1.165) is 16.3 Å². The Balaban J connectivity index is 2.01. The highest BCUT2D eigenvalue weighted by atomic mass is 32.2. The number of carbonyl (C=O) groups is 2. The van der Waals surface area contributed by atoms with Crippen molar-refractivity contribution in [2.45, 2.75) is 37.6 Å². The molecule has 1 atom stereocenters. The lowest BCUT2D eigenvalue weighted by Crippen LogP contribution is -2.52.